The highest BCUT2D eigenvalue weighted by atomic mass is 32.2. The number of aromatic nitrogens is 3. The van der Waals surface area contributed by atoms with E-state index in [9.17, 15) is 35.9 Å². The zero-order valence-electron chi connectivity index (χ0n) is 23.3. The Labute approximate surface area is 258 Å². The van der Waals surface area contributed by atoms with E-state index in [-0.39, 0.29) is 12.1 Å². The first-order valence-electron chi connectivity index (χ1n) is 13.7. The Bertz CT molecular complexity index is 2030. The van der Waals surface area contributed by atoms with Crippen LogP contribution in [-0.2, 0) is 29.0 Å². The molecule has 0 radical (unpaired) electrons. The first-order valence-corrected chi connectivity index (χ1v) is 16.1. The van der Waals surface area contributed by atoms with Crippen LogP contribution in [0, 0.1) is 11.7 Å². The largest absolute Gasteiger partial charge is 0.476 e. The number of aromatic carboxylic acids is 1. The van der Waals surface area contributed by atoms with Crippen LogP contribution in [0.15, 0.2) is 77.0 Å². The number of alkyl halides is 3. The predicted octanol–water partition coefficient (Wildman–Crippen LogP) is 6.71. The fourth-order valence-electron chi connectivity index (χ4n) is 5.11. The number of benzene rings is 3. The number of halogens is 4. The molecule has 3 N–H and O–H groups in total. The first-order chi connectivity index (χ1) is 21.3. The summed E-state index contributed by atoms with van der Waals surface area (Å²) in [6.45, 7) is 0. The van der Waals surface area contributed by atoms with Crippen LogP contribution in [-0.4, -0.2) is 34.3 Å². The first kappa shape index (κ1) is 30.6. The van der Waals surface area contributed by atoms with Gasteiger partial charge >= 0.3 is 12.1 Å². The Kier molecular flexibility index (Phi) is 7.83. The lowest BCUT2D eigenvalue weighted by Crippen LogP contribution is -2.14. The lowest BCUT2D eigenvalue weighted by Gasteiger charge is -2.11. The highest BCUT2D eigenvalue weighted by Gasteiger charge is 2.31. The average molecular weight is 657 g/mol. The van der Waals surface area contributed by atoms with Crippen LogP contribution < -0.4 is 5.14 Å². The van der Waals surface area contributed by atoms with Crippen LogP contribution in [0.1, 0.15) is 45.7 Å². The zero-order chi connectivity index (χ0) is 32.1. The number of sulfonamides is 1. The third-order valence-electron chi connectivity index (χ3n) is 7.53. The maximum atomic E-state index is 14.9. The summed E-state index contributed by atoms with van der Waals surface area (Å²) in [7, 11) is -4.28. The van der Waals surface area contributed by atoms with E-state index in [4.69, 9.17) is 10.2 Å². The van der Waals surface area contributed by atoms with Gasteiger partial charge in [-0.2, -0.15) is 18.3 Å². The van der Waals surface area contributed by atoms with Gasteiger partial charge in [0.15, 0.2) is 5.69 Å². The summed E-state index contributed by atoms with van der Waals surface area (Å²) in [6, 6.07) is 15.6. The van der Waals surface area contributed by atoms with Crippen molar-refractivity contribution in [3.05, 3.63) is 106 Å². The minimum Gasteiger partial charge on any atom is -0.476 e. The molecule has 0 bridgehead atoms. The summed E-state index contributed by atoms with van der Waals surface area (Å²) in [5.41, 5.74) is 3.27. The Hall–Kier alpha value is -4.40. The van der Waals surface area contributed by atoms with Crippen molar-refractivity contribution >= 4 is 27.3 Å². The van der Waals surface area contributed by atoms with Crippen molar-refractivity contribution in [2.24, 2.45) is 11.1 Å². The fourth-order valence-corrected chi connectivity index (χ4v) is 6.47. The molecule has 1 aliphatic carbocycles. The monoisotopic (exact) mass is 656 g/mol. The standard InChI is InChI=1S/C31H24F4N4O4S2/c32-24-13-18(6-11-27(24)45(36,42)43)12-23-26(14-17-4-5-17)39(30-37-25(16-44-30)29(40)41)38-28(23)21-3-1-2-20(15-21)19-7-9-22(10-8-19)31(33,34)35/h1-3,6-11,13,15-17H,4-5,12,14H2,(H,40,41)(H2,36,42,43). The van der Waals surface area contributed by atoms with Gasteiger partial charge in [-0.3, -0.25) is 0 Å². The van der Waals surface area contributed by atoms with Crippen LogP contribution >= 0.6 is 11.3 Å². The second-order valence-corrected chi connectivity index (χ2v) is 13.2. The molecule has 2 aromatic heterocycles. The summed E-state index contributed by atoms with van der Waals surface area (Å²) < 4.78 is 79.5. The molecule has 6 rings (SSSR count). The molecule has 14 heteroatoms. The van der Waals surface area contributed by atoms with E-state index in [0.717, 1.165) is 54.1 Å². The molecule has 1 fully saturated rings. The third kappa shape index (κ3) is 6.53. The number of carboxylic acids is 1. The maximum Gasteiger partial charge on any atom is 0.416 e. The maximum absolute atomic E-state index is 14.9. The lowest BCUT2D eigenvalue weighted by atomic mass is 9.95. The van der Waals surface area contributed by atoms with Crippen LogP contribution in [0.4, 0.5) is 17.6 Å². The SMILES string of the molecule is NS(=O)(=O)c1ccc(Cc2c(-c3cccc(-c4ccc(C(F)(F)F)cc4)c3)nn(-c3nc(C(=O)O)cs3)c2CC2CC2)cc1F. The van der Waals surface area contributed by atoms with Gasteiger partial charge in [0.25, 0.3) is 0 Å². The highest BCUT2D eigenvalue weighted by molar-refractivity contribution is 7.89. The minimum atomic E-state index is -4.47. The molecule has 1 aliphatic rings. The topological polar surface area (TPSA) is 128 Å². The van der Waals surface area contributed by atoms with Crippen molar-refractivity contribution in [1.82, 2.24) is 14.8 Å². The number of nitrogens with two attached hydrogens (primary N) is 1. The number of carbonyl (C=O) groups is 1. The Morgan fingerprint density at radius 3 is 2.33 bits per heavy atom. The van der Waals surface area contributed by atoms with Crippen molar-refractivity contribution in [2.45, 2.75) is 36.8 Å². The fraction of sp³-hybridized carbons (Fsp3) is 0.194. The van der Waals surface area contributed by atoms with Gasteiger partial charge in [-0.25, -0.2) is 32.4 Å². The number of thiazole rings is 1. The van der Waals surface area contributed by atoms with Gasteiger partial charge in [-0.05, 0) is 72.2 Å². The van der Waals surface area contributed by atoms with E-state index in [0.29, 0.717) is 51.0 Å². The van der Waals surface area contributed by atoms with Gasteiger partial charge in [0, 0.05) is 22.9 Å². The summed E-state index contributed by atoms with van der Waals surface area (Å²) in [5, 5.41) is 21.2. The van der Waals surface area contributed by atoms with Crippen molar-refractivity contribution in [2.75, 3.05) is 0 Å². The van der Waals surface area contributed by atoms with E-state index < -0.39 is 38.4 Å². The molecular weight excluding hydrogens is 632 g/mol. The van der Waals surface area contributed by atoms with E-state index in [2.05, 4.69) is 4.98 Å². The highest BCUT2D eigenvalue weighted by Crippen LogP contribution is 2.39. The molecule has 0 atom stereocenters. The van der Waals surface area contributed by atoms with Crippen LogP contribution in [0.2, 0.25) is 0 Å². The van der Waals surface area contributed by atoms with Gasteiger partial charge in [0.1, 0.15) is 10.7 Å². The number of nitrogens with zero attached hydrogens (tertiary/aromatic N) is 3. The minimum absolute atomic E-state index is 0.140. The molecule has 5 aromatic rings. The third-order valence-corrected chi connectivity index (χ3v) is 9.29. The molecule has 8 nitrogen and oxygen atoms in total. The molecule has 0 spiro atoms. The van der Waals surface area contributed by atoms with Crippen molar-refractivity contribution < 1.29 is 35.9 Å². The molecule has 3 aromatic carbocycles. The van der Waals surface area contributed by atoms with Gasteiger partial charge in [0.05, 0.1) is 17.0 Å². The summed E-state index contributed by atoms with van der Waals surface area (Å²) in [5.74, 6) is -1.84. The van der Waals surface area contributed by atoms with Gasteiger partial charge < -0.3 is 5.11 Å². The van der Waals surface area contributed by atoms with E-state index in [1.54, 1.807) is 28.9 Å². The van der Waals surface area contributed by atoms with E-state index >= 15 is 0 Å². The van der Waals surface area contributed by atoms with Gasteiger partial charge in [-0.15, -0.1) is 11.3 Å². The molecule has 0 aliphatic heterocycles. The Morgan fingerprint density at radius 1 is 1.02 bits per heavy atom. The van der Waals surface area contributed by atoms with Crippen LogP contribution in [0.3, 0.4) is 0 Å². The molecule has 2 heterocycles. The Balaban J connectivity index is 1.50. The van der Waals surface area contributed by atoms with Gasteiger partial charge in [0.2, 0.25) is 15.2 Å². The molecular formula is C31H24F4N4O4S2. The molecule has 0 unspecified atom stereocenters. The second kappa shape index (κ2) is 11.5. The molecule has 232 valence electrons. The van der Waals surface area contributed by atoms with Crippen molar-refractivity contribution in [3.8, 4) is 27.5 Å². The zero-order valence-corrected chi connectivity index (χ0v) is 24.9. The number of primary sulfonamides is 1. The van der Waals surface area contributed by atoms with Gasteiger partial charge in [-0.1, -0.05) is 36.4 Å². The number of hydrogen-bond donors (Lipinski definition) is 2. The summed E-state index contributed by atoms with van der Waals surface area (Å²) in [4.78, 5) is 15.2. The quantitative estimate of drug-likeness (QED) is 0.170. The summed E-state index contributed by atoms with van der Waals surface area (Å²) >= 11 is 1.10. The average Bonchev–Trinajstić information content (AvgIpc) is 3.54. The number of carboxylic acid groups (broad SMARTS) is 1. The van der Waals surface area contributed by atoms with Crippen LogP contribution in [0.25, 0.3) is 27.5 Å². The van der Waals surface area contributed by atoms with E-state index in [1.165, 1.54) is 23.6 Å². The Morgan fingerprint density at radius 2 is 1.73 bits per heavy atom. The predicted molar refractivity (Wildman–Crippen MR) is 159 cm³/mol. The number of rotatable bonds is 9. The second-order valence-electron chi connectivity index (χ2n) is 10.8. The normalized spacial score (nSPS) is 13.7. The summed E-state index contributed by atoms with van der Waals surface area (Å²) in [6.07, 6.45) is -1.78. The lowest BCUT2D eigenvalue weighted by molar-refractivity contribution is -0.137. The molecule has 0 amide bonds. The van der Waals surface area contributed by atoms with Crippen LogP contribution in [0.5, 0.6) is 0 Å². The molecule has 0 saturated heterocycles. The van der Waals surface area contributed by atoms with Crippen molar-refractivity contribution in [3.63, 3.8) is 0 Å². The smallest absolute Gasteiger partial charge is 0.416 e. The molecule has 1 saturated carbocycles. The van der Waals surface area contributed by atoms with Crippen molar-refractivity contribution in [1.29, 1.82) is 0 Å². The number of hydrogen-bond acceptors (Lipinski definition) is 6. The molecule has 45 heavy (non-hydrogen) atoms. The van der Waals surface area contributed by atoms with E-state index in [1.807, 2.05) is 0 Å².